The maximum Gasteiger partial charge on any atom is 0.309 e. The standard InChI is InChI=1S/C23H32N4O2/c1-26(2)21(19-16-27(3)20-12-8-7-11-18(19)20)15-25-23(29)22(28)24-14-13-17-9-5-4-6-10-17/h7-9,11-12,16,21H,4-6,10,13-15H2,1-3H3,(H,24,28)(H,25,29). The topological polar surface area (TPSA) is 66.4 Å². The molecule has 1 aromatic carbocycles. The highest BCUT2D eigenvalue weighted by Crippen LogP contribution is 2.28. The molecule has 1 aromatic heterocycles. The highest BCUT2D eigenvalue weighted by Gasteiger charge is 2.21. The summed E-state index contributed by atoms with van der Waals surface area (Å²) in [4.78, 5) is 26.5. The number of aromatic nitrogens is 1. The van der Waals surface area contributed by atoms with Gasteiger partial charge in [0, 0.05) is 37.2 Å². The number of benzene rings is 1. The van der Waals surface area contributed by atoms with Crippen molar-refractivity contribution in [2.75, 3.05) is 27.2 Å². The lowest BCUT2D eigenvalue weighted by molar-refractivity contribution is -0.139. The van der Waals surface area contributed by atoms with Gasteiger partial charge in [0.25, 0.3) is 0 Å². The van der Waals surface area contributed by atoms with E-state index in [1.165, 1.54) is 18.4 Å². The Morgan fingerprint density at radius 1 is 1.14 bits per heavy atom. The number of hydrogen-bond donors (Lipinski definition) is 2. The predicted molar refractivity (Wildman–Crippen MR) is 117 cm³/mol. The molecule has 0 saturated heterocycles. The summed E-state index contributed by atoms with van der Waals surface area (Å²) >= 11 is 0. The van der Waals surface area contributed by atoms with Crippen LogP contribution < -0.4 is 10.6 Å². The number of likely N-dealkylation sites (N-methyl/N-ethyl adjacent to an activating group) is 1. The van der Waals surface area contributed by atoms with Crippen molar-refractivity contribution in [2.45, 2.75) is 38.1 Å². The zero-order valence-electron chi connectivity index (χ0n) is 17.7. The molecule has 1 heterocycles. The lowest BCUT2D eigenvalue weighted by atomic mass is 9.97. The molecule has 6 heteroatoms. The summed E-state index contributed by atoms with van der Waals surface area (Å²) in [7, 11) is 5.99. The Morgan fingerprint density at radius 3 is 2.62 bits per heavy atom. The van der Waals surface area contributed by atoms with Gasteiger partial charge in [0.15, 0.2) is 0 Å². The van der Waals surface area contributed by atoms with E-state index in [4.69, 9.17) is 0 Å². The third kappa shape index (κ3) is 5.26. The minimum absolute atomic E-state index is 0.0229. The number of fused-ring (bicyclic) bond motifs is 1. The minimum atomic E-state index is -0.574. The van der Waals surface area contributed by atoms with Crippen LogP contribution in [0.3, 0.4) is 0 Å². The average Bonchev–Trinajstić information content (AvgIpc) is 3.05. The third-order valence-electron chi connectivity index (χ3n) is 5.69. The van der Waals surface area contributed by atoms with Crippen molar-refractivity contribution >= 4 is 22.7 Å². The number of para-hydroxylation sites is 1. The van der Waals surface area contributed by atoms with Crippen LogP contribution in [0.5, 0.6) is 0 Å². The third-order valence-corrected chi connectivity index (χ3v) is 5.69. The van der Waals surface area contributed by atoms with E-state index in [2.05, 4.69) is 44.5 Å². The minimum Gasteiger partial charge on any atom is -0.350 e. The van der Waals surface area contributed by atoms with Gasteiger partial charge in [0.1, 0.15) is 0 Å². The molecular formula is C23H32N4O2. The molecule has 0 aliphatic heterocycles. The van der Waals surface area contributed by atoms with Crippen molar-refractivity contribution in [2.24, 2.45) is 7.05 Å². The van der Waals surface area contributed by atoms with Gasteiger partial charge in [-0.1, -0.05) is 29.8 Å². The first-order chi connectivity index (χ1) is 14.0. The Balaban J connectivity index is 1.56. The van der Waals surface area contributed by atoms with E-state index in [0.717, 1.165) is 35.7 Å². The fourth-order valence-electron chi connectivity index (χ4n) is 4.03. The van der Waals surface area contributed by atoms with Crippen LogP contribution in [0.15, 0.2) is 42.1 Å². The molecule has 1 aliphatic rings. The van der Waals surface area contributed by atoms with Crippen molar-refractivity contribution in [3.63, 3.8) is 0 Å². The molecule has 1 unspecified atom stereocenters. The Bertz CT molecular complexity index is 897. The lowest BCUT2D eigenvalue weighted by Crippen LogP contribution is -2.43. The molecule has 3 rings (SSSR count). The fourth-order valence-corrected chi connectivity index (χ4v) is 4.03. The molecule has 0 saturated carbocycles. The van der Waals surface area contributed by atoms with E-state index in [1.54, 1.807) is 0 Å². The molecule has 0 radical (unpaired) electrons. The Hall–Kier alpha value is -2.60. The number of allylic oxidation sites excluding steroid dienone is 1. The smallest absolute Gasteiger partial charge is 0.309 e. The highest BCUT2D eigenvalue weighted by atomic mass is 16.2. The van der Waals surface area contributed by atoms with Crippen LogP contribution in [0.4, 0.5) is 0 Å². The molecule has 6 nitrogen and oxygen atoms in total. The van der Waals surface area contributed by atoms with Crippen LogP contribution in [-0.2, 0) is 16.6 Å². The van der Waals surface area contributed by atoms with Gasteiger partial charge in [-0.15, -0.1) is 0 Å². The molecule has 2 amide bonds. The second-order valence-electron chi connectivity index (χ2n) is 8.02. The number of hydrogen-bond acceptors (Lipinski definition) is 3. The number of aryl methyl sites for hydroxylation is 1. The van der Waals surface area contributed by atoms with Crippen LogP contribution in [0, 0.1) is 0 Å². The van der Waals surface area contributed by atoms with Gasteiger partial charge in [0.05, 0.1) is 6.04 Å². The second-order valence-corrected chi connectivity index (χ2v) is 8.02. The highest BCUT2D eigenvalue weighted by molar-refractivity contribution is 6.35. The Labute approximate surface area is 172 Å². The van der Waals surface area contributed by atoms with Gasteiger partial charge in [-0.2, -0.15) is 0 Å². The SMILES string of the molecule is CN(C)C(CNC(=O)C(=O)NCCC1=CCCCC1)c1cn(C)c2ccccc12. The largest absolute Gasteiger partial charge is 0.350 e. The summed E-state index contributed by atoms with van der Waals surface area (Å²) in [5.41, 5.74) is 3.68. The number of rotatable bonds is 7. The van der Waals surface area contributed by atoms with Crippen molar-refractivity contribution in [1.82, 2.24) is 20.1 Å². The van der Waals surface area contributed by atoms with Gasteiger partial charge in [0.2, 0.25) is 0 Å². The van der Waals surface area contributed by atoms with Crippen LogP contribution in [-0.4, -0.2) is 48.5 Å². The van der Waals surface area contributed by atoms with Gasteiger partial charge < -0.3 is 20.1 Å². The summed E-state index contributed by atoms with van der Waals surface area (Å²) in [5, 5.41) is 6.72. The molecule has 29 heavy (non-hydrogen) atoms. The van der Waals surface area contributed by atoms with Crippen LogP contribution in [0.25, 0.3) is 10.9 Å². The first-order valence-electron chi connectivity index (χ1n) is 10.4. The Morgan fingerprint density at radius 2 is 1.90 bits per heavy atom. The monoisotopic (exact) mass is 396 g/mol. The number of nitrogens with one attached hydrogen (secondary N) is 2. The number of amides is 2. The normalized spacial score (nSPS) is 15.2. The Kier molecular flexibility index (Phi) is 7.09. The van der Waals surface area contributed by atoms with E-state index in [-0.39, 0.29) is 6.04 Å². The quantitative estimate of drug-likeness (QED) is 0.559. The van der Waals surface area contributed by atoms with Crippen molar-refractivity contribution in [3.05, 3.63) is 47.7 Å². The first kappa shape index (κ1) is 21.1. The van der Waals surface area contributed by atoms with Crippen LogP contribution >= 0.6 is 0 Å². The van der Waals surface area contributed by atoms with Crippen molar-refractivity contribution in [3.8, 4) is 0 Å². The molecule has 0 bridgehead atoms. The zero-order valence-corrected chi connectivity index (χ0v) is 17.7. The van der Waals surface area contributed by atoms with Crippen LogP contribution in [0.2, 0.25) is 0 Å². The summed E-state index contributed by atoms with van der Waals surface area (Å²) < 4.78 is 2.09. The predicted octanol–water partition coefficient (Wildman–Crippen LogP) is 2.90. The summed E-state index contributed by atoms with van der Waals surface area (Å²) in [5.74, 6) is -1.13. The molecule has 2 aromatic rings. The first-order valence-corrected chi connectivity index (χ1v) is 10.4. The molecule has 1 atom stereocenters. The van der Waals surface area contributed by atoms with Gasteiger partial charge in [-0.25, -0.2) is 0 Å². The van der Waals surface area contributed by atoms with E-state index in [9.17, 15) is 9.59 Å². The molecule has 0 spiro atoms. The maximum atomic E-state index is 12.3. The van der Waals surface area contributed by atoms with Gasteiger partial charge >= 0.3 is 11.8 Å². The van der Waals surface area contributed by atoms with E-state index >= 15 is 0 Å². The zero-order chi connectivity index (χ0) is 20.8. The van der Waals surface area contributed by atoms with Crippen molar-refractivity contribution in [1.29, 1.82) is 0 Å². The molecular weight excluding hydrogens is 364 g/mol. The molecule has 1 aliphatic carbocycles. The van der Waals surface area contributed by atoms with E-state index in [1.807, 2.05) is 33.3 Å². The van der Waals surface area contributed by atoms with Gasteiger partial charge in [-0.3, -0.25) is 9.59 Å². The van der Waals surface area contributed by atoms with Crippen LogP contribution in [0.1, 0.15) is 43.7 Å². The van der Waals surface area contributed by atoms with E-state index < -0.39 is 11.8 Å². The summed E-state index contributed by atoms with van der Waals surface area (Å²) in [6.07, 6.45) is 9.90. The number of carbonyl (C=O) groups excluding carboxylic acids is 2. The van der Waals surface area contributed by atoms with Gasteiger partial charge in [-0.05, 0) is 57.8 Å². The summed E-state index contributed by atoms with van der Waals surface area (Å²) in [6, 6.07) is 8.19. The lowest BCUT2D eigenvalue weighted by Gasteiger charge is -2.24. The van der Waals surface area contributed by atoms with Crippen molar-refractivity contribution < 1.29 is 9.59 Å². The number of carbonyl (C=O) groups is 2. The summed E-state index contributed by atoms with van der Waals surface area (Å²) in [6.45, 7) is 0.886. The maximum absolute atomic E-state index is 12.3. The second kappa shape index (κ2) is 9.74. The molecule has 156 valence electrons. The average molecular weight is 397 g/mol. The van der Waals surface area contributed by atoms with E-state index in [0.29, 0.717) is 13.1 Å². The molecule has 0 fully saturated rings. The molecule has 2 N–H and O–H groups in total. The number of nitrogens with zero attached hydrogens (tertiary/aromatic N) is 2. The fraction of sp³-hybridized carbons (Fsp3) is 0.478.